The largest absolute Gasteiger partial charge is 0.397 e. The van der Waals surface area contributed by atoms with Gasteiger partial charge in [-0.1, -0.05) is 24.3 Å². The van der Waals surface area contributed by atoms with Gasteiger partial charge < -0.3 is 16.4 Å². The SMILES string of the molecule is Nc1ccccc1NC(=O)C=Cc1ccc(NCCn2c[nH+]c3ccccc3c2=O)nc1. The van der Waals surface area contributed by atoms with Crippen LogP contribution in [0.5, 0.6) is 0 Å². The van der Waals surface area contributed by atoms with E-state index in [9.17, 15) is 9.59 Å². The van der Waals surface area contributed by atoms with Crippen LogP contribution in [0.4, 0.5) is 17.2 Å². The zero-order valence-electron chi connectivity index (χ0n) is 17.3. The summed E-state index contributed by atoms with van der Waals surface area (Å²) >= 11 is 0. The van der Waals surface area contributed by atoms with Gasteiger partial charge in [0.05, 0.1) is 17.9 Å². The van der Waals surface area contributed by atoms with Crippen molar-refractivity contribution in [1.29, 1.82) is 0 Å². The van der Waals surface area contributed by atoms with Crippen LogP contribution >= 0.6 is 0 Å². The quantitative estimate of drug-likeness (QED) is 0.310. The van der Waals surface area contributed by atoms with Crippen molar-refractivity contribution >= 4 is 40.1 Å². The number of carbonyl (C=O) groups is 1. The van der Waals surface area contributed by atoms with Gasteiger partial charge >= 0.3 is 5.56 Å². The number of nitrogen functional groups attached to an aromatic ring is 1. The maximum absolute atomic E-state index is 12.5. The van der Waals surface area contributed by atoms with E-state index < -0.39 is 0 Å². The minimum Gasteiger partial charge on any atom is -0.397 e. The smallest absolute Gasteiger partial charge is 0.345 e. The van der Waals surface area contributed by atoms with Crippen molar-refractivity contribution in [1.82, 2.24) is 9.55 Å². The second-order valence-electron chi connectivity index (χ2n) is 7.13. The number of aromatic nitrogens is 3. The first kappa shape index (κ1) is 20.8. The predicted molar refractivity (Wildman–Crippen MR) is 126 cm³/mol. The summed E-state index contributed by atoms with van der Waals surface area (Å²) in [6, 6.07) is 18.2. The monoisotopic (exact) mass is 427 g/mol. The summed E-state index contributed by atoms with van der Waals surface area (Å²) in [7, 11) is 0. The van der Waals surface area contributed by atoms with Crippen LogP contribution < -0.4 is 26.9 Å². The number of fused-ring (bicyclic) bond motifs is 1. The highest BCUT2D eigenvalue weighted by Crippen LogP contribution is 2.16. The maximum atomic E-state index is 12.5. The fourth-order valence-corrected chi connectivity index (χ4v) is 3.19. The second kappa shape index (κ2) is 9.57. The molecule has 4 aromatic rings. The molecule has 0 aliphatic carbocycles. The maximum Gasteiger partial charge on any atom is 0.345 e. The number of rotatable bonds is 7. The Balaban J connectivity index is 1.31. The van der Waals surface area contributed by atoms with Crippen molar-refractivity contribution in [3.05, 3.63) is 95.2 Å². The summed E-state index contributed by atoms with van der Waals surface area (Å²) in [5.74, 6) is 0.407. The first-order chi connectivity index (χ1) is 15.6. The first-order valence-corrected chi connectivity index (χ1v) is 10.1. The molecular formula is C24H23N6O2+. The van der Waals surface area contributed by atoms with E-state index in [-0.39, 0.29) is 11.5 Å². The third-order valence-corrected chi connectivity index (χ3v) is 4.89. The highest BCUT2D eigenvalue weighted by atomic mass is 16.1. The summed E-state index contributed by atoms with van der Waals surface area (Å²) in [5.41, 5.74) is 8.47. The van der Waals surface area contributed by atoms with E-state index in [1.807, 2.05) is 30.3 Å². The lowest BCUT2D eigenvalue weighted by Crippen LogP contribution is -2.28. The Kier molecular flexibility index (Phi) is 6.22. The Bertz CT molecular complexity index is 1330. The number of benzene rings is 2. The Morgan fingerprint density at radius 3 is 2.72 bits per heavy atom. The van der Waals surface area contributed by atoms with Crippen LogP contribution in [0.15, 0.2) is 84.1 Å². The van der Waals surface area contributed by atoms with Gasteiger partial charge in [0.1, 0.15) is 23.3 Å². The topological polar surface area (TPSA) is 116 Å². The number of nitrogens with zero attached hydrogens (tertiary/aromatic N) is 2. The number of aromatic amines is 1. The normalized spacial score (nSPS) is 11.0. The van der Waals surface area contributed by atoms with E-state index in [1.165, 1.54) is 6.08 Å². The van der Waals surface area contributed by atoms with E-state index in [1.54, 1.807) is 53.5 Å². The van der Waals surface area contributed by atoms with Crippen molar-refractivity contribution in [2.45, 2.75) is 6.54 Å². The van der Waals surface area contributed by atoms with E-state index >= 15 is 0 Å². The number of anilines is 3. The molecule has 5 N–H and O–H groups in total. The molecule has 0 saturated heterocycles. The minimum absolute atomic E-state index is 0.0369. The molecule has 0 unspecified atom stereocenters. The van der Waals surface area contributed by atoms with Crippen LogP contribution in [0.3, 0.4) is 0 Å². The Morgan fingerprint density at radius 2 is 1.91 bits per heavy atom. The van der Waals surface area contributed by atoms with Gasteiger partial charge in [-0.3, -0.25) is 4.79 Å². The van der Waals surface area contributed by atoms with E-state index in [0.717, 1.165) is 11.1 Å². The zero-order chi connectivity index (χ0) is 22.3. The number of para-hydroxylation sites is 3. The summed E-state index contributed by atoms with van der Waals surface area (Å²) in [6.45, 7) is 1.03. The number of nitrogens with two attached hydrogens (primary N) is 1. The van der Waals surface area contributed by atoms with Crippen molar-refractivity contribution in [3.63, 3.8) is 0 Å². The average molecular weight is 427 g/mol. The van der Waals surface area contributed by atoms with E-state index in [4.69, 9.17) is 5.73 Å². The van der Waals surface area contributed by atoms with Gasteiger partial charge in [0, 0.05) is 12.3 Å². The number of carbonyl (C=O) groups excluding carboxylic acids is 1. The second-order valence-corrected chi connectivity index (χ2v) is 7.13. The summed E-state index contributed by atoms with van der Waals surface area (Å²) in [6.07, 6.45) is 6.45. The molecule has 2 heterocycles. The van der Waals surface area contributed by atoms with Crippen LogP contribution in [0.25, 0.3) is 17.0 Å². The fourth-order valence-electron chi connectivity index (χ4n) is 3.19. The highest BCUT2D eigenvalue weighted by molar-refractivity contribution is 6.03. The molecule has 0 atom stereocenters. The first-order valence-electron chi connectivity index (χ1n) is 10.1. The summed E-state index contributed by atoms with van der Waals surface area (Å²) in [5, 5.41) is 6.59. The number of pyridine rings is 1. The van der Waals surface area contributed by atoms with Gasteiger partial charge in [-0.15, -0.1) is 0 Å². The molecule has 0 aliphatic heterocycles. The molecule has 2 aromatic carbocycles. The fraction of sp³-hybridized carbons (Fsp3) is 0.0833. The Labute approximate surface area is 184 Å². The van der Waals surface area contributed by atoms with Crippen molar-refractivity contribution in [2.24, 2.45) is 0 Å². The van der Waals surface area contributed by atoms with Crippen molar-refractivity contribution in [2.75, 3.05) is 22.9 Å². The highest BCUT2D eigenvalue weighted by Gasteiger charge is 2.09. The molecule has 0 spiro atoms. The molecule has 32 heavy (non-hydrogen) atoms. The molecule has 8 nitrogen and oxygen atoms in total. The molecule has 0 fully saturated rings. The van der Waals surface area contributed by atoms with Crippen LogP contribution in [-0.2, 0) is 11.3 Å². The summed E-state index contributed by atoms with van der Waals surface area (Å²) in [4.78, 5) is 32.1. The lowest BCUT2D eigenvalue weighted by Gasteiger charge is -2.06. The molecule has 1 amide bonds. The molecule has 0 radical (unpaired) electrons. The molecule has 0 aliphatic rings. The number of hydrogen-bond donors (Lipinski definition) is 3. The lowest BCUT2D eigenvalue weighted by molar-refractivity contribution is -0.353. The molecule has 2 aromatic heterocycles. The van der Waals surface area contributed by atoms with Crippen LogP contribution in [0.2, 0.25) is 0 Å². The number of nitrogens with one attached hydrogen (secondary N) is 3. The van der Waals surface area contributed by atoms with E-state index in [0.29, 0.717) is 35.7 Å². The number of hydrogen-bond acceptors (Lipinski definition) is 5. The molecular weight excluding hydrogens is 404 g/mol. The average Bonchev–Trinajstić information content (AvgIpc) is 2.82. The molecule has 160 valence electrons. The van der Waals surface area contributed by atoms with Gasteiger partial charge in [-0.2, -0.15) is 4.57 Å². The molecule has 4 rings (SSSR count). The van der Waals surface area contributed by atoms with Crippen molar-refractivity contribution < 1.29 is 9.78 Å². The van der Waals surface area contributed by atoms with Crippen LogP contribution in [0.1, 0.15) is 5.56 Å². The molecule has 0 bridgehead atoms. The Hall–Kier alpha value is -4.46. The van der Waals surface area contributed by atoms with Gasteiger partial charge in [0.2, 0.25) is 12.2 Å². The molecule has 8 heteroatoms. The lowest BCUT2D eigenvalue weighted by atomic mass is 10.2. The van der Waals surface area contributed by atoms with E-state index in [2.05, 4.69) is 20.6 Å². The predicted octanol–water partition coefficient (Wildman–Crippen LogP) is 2.56. The third kappa shape index (κ3) is 4.99. The Morgan fingerprint density at radius 1 is 1.09 bits per heavy atom. The number of amides is 1. The third-order valence-electron chi connectivity index (χ3n) is 4.89. The van der Waals surface area contributed by atoms with Crippen LogP contribution in [0, 0.1) is 0 Å². The van der Waals surface area contributed by atoms with Gasteiger partial charge in [0.25, 0.3) is 0 Å². The van der Waals surface area contributed by atoms with Gasteiger partial charge in [-0.25, -0.2) is 14.8 Å². The standard InChI is InChI=1S/C24H22N6O2/c25-19-6-2-4-8-21(19)29-23(31)12-10-17-9-11-22(27-15-17)26-13-14-30-16-28-20-7-3-1-5-18(20)24(30)32/h1-12,15-16H,13-14,25H2,(H,26,27)(H,29,31)/p+1. The summed E-state index contributed by atoms with van der Waals surface area (Å²) < 4.78 is 1.63. The van der Waals surface area contributed by atoms with Gasteiger partial charge in [-0.05, 0) is 48.0 Å². The molecule has 0 saturated carbocycles. The number of H-pyrrole nitrogens is 1. The van der Waals surface area contributed by atoms with Crippen molar-refractivity contribution in [3.8, 4) is 0 Å². The van der Waals surface area contributed by atoms with Crippen LogP contribution in [-0.4, -0.2) is 22.0 Å². The van der Waals surface area contributed by atoms with Gasteiger partial charge in [0.15, 0.2) is 0 Å². The minimum atomic E-state index is -0.275. The zero-order valence-corrected chi connectivity index (χ0v) is 17.3.